The molecular weight excluding hydrogens is 344 g/mol. The summed E-state index contributed by atoms with van der Waals surface area (Å²) in [5, 5.41) is 2.63. The third-order valence-corrected chi connectivity index (χ3v) is 4.91. The van der Waals surface area contributed by atoms with Crippen LogP contribution in [0.3, 0.4) is 0 Å². The van der Waals surface area contributed by atoms with E-state index in [-0.39, 0.29) is 12.3 Å². The number of hydrogen-bond acceptors (Lipinski definition) is 4. The number of benzene rings is 2. The molecule has 0 saturated carbocycles. The molecule has 134 valence electrons. The van der Waals surface area contributed by atoms with Crippen molar-refractivity contribution in [2.45, 2.75) is 27.2 Å². The molecular formula is C21H22N2O2S. The molecule has 1 heterocycles. The smallest absolute Gasteiger partial charge is 0.236 e. The second-order valence-corrected chi connectivity index (χ2v) is 7.04. The molecule has 0 unspecified atom stereocenters. The second-order valence-electron chi connectivity index (χ2n) is 6.20. The number of aryl methyl sites for hydroxylation is 3. The highest BCUT2D eigenvalue weighted by Gasteiger charge is 2.20. The fourth-order valence-corrected chi connectivity index (χ4v) is 3.54. The van der Waals surface area contributed by atoms with Crippen LogP contribution in [-0.4, -0.2) is 17.5 Å². The molecule has 0 atom stereocenters. The van der Waals surface area contributed by atoms with Gasteiger partial charge in [0.2, 0.25) is 5.91 Å². The third-order valence-electron chi connectivity index (χ3n) is 3.97. The molecule has 3 aromatic rings. The quantitative estimate of drug-likeness (QED) is 0.602. The summed E-state index contributed by atoms with van der Waals surface area (Å²) in [5.74, 6) is 0.787. The van der Waals surface area contributed by atoms with E-state index in [2.05, 4.69) is 11.1 Å². The molecule has 2 aromatic carbocycles. The number of rotatable bonds is 6. The van der Waals surface area contributed by atoms with Crippen LogP contribution < -0.4 is 9.64 Å². The van der Waals surface area contributed by atoms with Crippen LogP contribution >= 0.6 is 11.3 Å². The lowest BCUT2D eigenvalue weighted by Gasteiger charge is -2.20. The Morgan fingerprint density at radius 2 is 1.88 bits per heavy atom. The van der Waals surface area contributed by atoms with E-state index in [1.54, 1.807) is 4.90 Å². The standard InChI is InChI=1S/C21H22N2O2S/c1-15-9-10-19(16(2)13-15)25-12-11-20(24)23(18-7-5-4-6-8-18)21-22-17(3)14-26-21/h4-10,13-14H,11-12H2,1-3H3. The maximum atomic E-state index is 12.9. The number of amides is 1. The summed E-state index contributed by atoms with van der Waals surface area (Å²) in [6.45, 7) is 6.32. The Hall–Kier alpha value is -2.66. The Kier molecular flexibility index (Phi) is 5.68. The normalized spacial score (nSPS) is 10.6. The molecule has 5 heteroatoms. The molecule has 0 N–H and O–H groups in total. The number of carbonyl (C=O) groups excluding carboxylic acids is 1. The Bertz CT molecular complexity index is 890. The van der Waals surface area contributed by atoms with Gasteiger partial charge in [0, 0.05) is 5.38 Å². The molecule has 3 rings (SSSR count). The Labute approximate surface area is 158 Å². The Morgan fingerprint density at radius 3 is 2.54 bits per heavy atom. The number of thiazole rings is 1. The number of aromatic nitrogens is 1. The van der Waals surface area contributed by atoms with Crippen molar-refractivity contribution in [3.8, 4) is 5.75 Å². The summed E-state index contributed by atoms with van der Waals surface area (Å²) < 4.78 is 5.83. The molecule has 0 bridgehead atoms. The van der Waals surface area contributed by atoms with Crippen LogP contribution in [0.2, 0.25) is 0 Å². The molecule has 4 nitrogen and oxygen atoms in total. The van der Waals surface area contributed by atoms with Crippen molar-refractivity contribution in [1.82, 2.24) is 4.98 Å². The molecule has 0 aliphatic rings. The minimum absolute atomic E-state index is 0.0321. The maximum Gasteiger partial charge on any atom is 0.236 e. The third kappa shape index (κ3) is 4.29. The van der Waals surface area contributed by atoms with Crippen molar-refractivity contribution in [3.05, 3.63) is 70.7 Å². The van der Waals surface area contributed by atoms with Gasteiger partial charge >= 0.3 is 0 Å². The molecule has 26 heavy (non-hydrogen) atoms. The largest absolute Gasteiger partial charge is 0.493 e. The van der Waals surface area contributed by atoms with Crippen molar-refractivity contribution >= 4 is 28.1 Å². The minimum Gasteiger partial charge on any atom is -0.493 e. The van der Waals surface area contributed by atoms with Gasteiger partial charge in [-0.15, -0.1) is 11.3 Å². The summed E-state index contributed by atoms with van der Waals surface area (Å²) in [4.78, 5) is 19.0. The SMILES string of the molecule is Cc1ccc(OCCC(=O)N(c2ccccc2)c2nc(C)cs2)c(C)c1. The van der Waals surface area contributed by atoms with Crippen molar-refractivity contribution in [2.24, 2.45) is 0 Å². The molecule has 1 amide bonds. The van der Waals surface area contributed by atoms with E-state index in [9.17, 15) is 4.79 Å². The lowest BCUT2D eigenvalue weighted by molar-refractivity contribution is -0.118. The van der Waals surface area contributed by atoms with Crippen LogP contribution in [0.4, 0.5) is 10.8 Å². The van der Waals surface area contributed by atoms with Gasteiger partial charge in [-0.3, -0.25) is 9.69 Å². The van der Waals surface area contributed by atoms with Gasteiger partial charge in [-0.25, -0.2) is 4.98 Å². The zero-order chi connectivity index (χ0) is 18.5. The molecule has 0 saturated heterocycles. The predicted octanol–water partition coefficient (Wildman–Crippen LogP) is 5.20. The first-order valence-corrected chi connectivity index (χ1v) is 9.43. The molecule has 0 aliphatic heterocycles. The second kappa shape index (κ2) is 8.15. The summed E-state index contributed by atoms with van der Waals surface area (Å²) in [5.41, 5.74) is 4.00. The highest BCUT2D eigenvalue weighted by Crippen LogP contribution is 2.29. The number of anilines is 2. The number of ether oxygens (including phenoxy) is 1. The monoisotopic (exact) mass is 366 g/mol. The Balaban J connectivity index is 1.72. The number of hydrogen-bond donors (Lipinski definition) is 0. The highest BCUT2D eigenvalue weighted by molar-refractivity contribution is 7.14. The topological polar surface area (TPSA) is 42.4 Å². The van der Waals surface area contributed by atoms with Gasteiger partial charge in [-0.05, 0) is 44.5 Å². The summed E-state index contributed by atoms with van der Waals surface area (Å²) in [6, 6.07) is 15.6. The van der Waals surface area contributed by atoms with Gasteiger partial charge in [0.15, 0.2) is 5.13 Å². The van der Waals surface area contributed by atoms with E-state index < -0.39 is 0 Å². The van der Waals surface area contributed by atoms with Gasteiger partial charge in [0.1, 0.15) is 5.75 Å². The molecule has 0 aliphatic carbocycles. The van der Waals surface area contributed by atoms with Crippen molar-refractivity contribution in [3.63, 3.8) is 0 Å². The van der Waals surface area contributed by atoms with Crippen LogP contribution in [0, 0.1) is 20.8 Å². The fraction of sp³-hybridized carbons (Fsp3) is 0.238. The average Bonchev–Trinajstić information content (AvgIpc) is 3.04. The van der Waals surface area contributed by atoms with Crippen LogP contribution in [0.25, 0.3) is 0 Å². The van der Waals surface area contributed by atoms with Crippen molar-refractivity contribution in [2.75, 3.05) is 11.5 Å². The van der Waals surface area contributed by atoms with Gasteiger partial charge in [0.25, 0.3) is 0 Å². The Morgan fingerprint density at radius 1 is 1.12 bits per heavy atom. The first kappa shape index (κ1) is 18.1. The summed E-state index contributed by atoms with van der Waals surface area (Å²) in [7, 11) is 0. The van der Waals surface area contributed by atoms with Gasteiger partial charge in [-0.2, -0.15) is 0 Å². The highest BCUT2D eigenvalue weighted by atomic mass is 32.1. The first-order chi connectivity index (χ1) is 12.5. The average molecular weight is 366 g/mol. The van der Waals surface area contributed by atoms with E-state index in [0.29, 0.717) is 11.7 Å². The molecule has 1 aromatic heterocycles. The lowest BCUT2D eigenvalue weighted by atomic mass is 10.1. The van der Waals surface area contributed by atoms with Crippen molar-refractivity contribution < 1.29 is 9.53 Å². The van der Waals surface area contributed by atoms with Gasteiger partial charge in [-0.1, -0.05) is 35.9 Å². The van der Waals surface area contributed by atoms with Crippen LogP contribution in [-0.2, 0) is 4.79 Å². The fourth-order valence-electron chi connectivity index (χ4n) is 2.70. The predicted molar refractivity (Wildman–Crippen MR) is 106 cm³/mol. The van der Waals surface area contributed by atoms with Gasteiger partial charge < -0.3 is 4.74 Å². The maximum absolute atomic E-state index is 12.9. The number of nitrogens with zero attached hydrogens (tertiary/aromatic N) is 2. The number of carbonyl (C=O) groups is 1. The van der Waals surface area contributed by atoms with E-state index in [1.165, 1.54) is 16.9 Å². The summed E-state index contributed by atoms with van der Waals surface area (Å²) in [6.07, 6.45) is 0.279. The zero-order valence-electron chi connectivity index (χ0n) is 15.2. The zero-order valence-corrected chi connectivity index (χ0v) is 16.0. The van der Waals surface area contributed by atoms with Crippen LogP contribution in [0.1, 0.15) is 23.2 Å². The lowest BCUT2D eigenvalue weighted by Crippen LogP contribution is -2.27. The van der Waals surface area contributed by atoms with E-state index >= 15 is 0 Å². The molecule has 0 radical (unpaired) electrons. The van der Waals surface area contributed by atoms with E-state index in [0.717, 1.165) is 22.7 Å². The van der Waals surface area contributed by atoms with Gasteiger partial charge in [0.05, 0.1) is 24.4 Å². The minimum atomic E-state index is -0.0321. The first-order valence-electron chi connectivity index (χ1n) is 8.55. The number of para-hydroxylation sites is 1. The van der Waals surface area contributed by atoms with Crippen LogP contribution in [0.5, 0.6) is 5.75 Å². The van der Waals surface area contributed by atoms with Crippen LogP contribution in [0.15, 0.2) is 53.9 Å². The molecule has 0 fully saturated rings. The van der Waals surface area contributed by atoms with Crippen molar-refractivity contribution in [1.29, 1.82) is 0 Å². The summed E-state index contributed by atoms with van der Waals surface area (Å²) >= 11 is 1.47. The molecule has 0 spiro atoms. The van der Waals surface area contributed by atoms with E-state index in [4.69, 9.17) is 4.74 Å². The van der Waals surface area contributed by atoms with E-state index in [1.807, 2.05) is 68.6 Å².